The molecule has 0 aliphatic carbocycles. The van der Waals surface area contributed by atoms with Crippen LogP contribution in [0.4, 0.5) is 5.82 Å². The van der Waals surface area contributed by atoms with E-state index in [0.717, 1.165) is 0 Å². The molecule has 2 rings (SSSR count). The number of amides is 1. The molecule has 1 saturated heterocycles. The van der Waals surface area contributed by atoms with Gasteiger partial charge in [-0.05, 0) is 12.1 Å². The van der Waals surface area contributed by atoms with Crippen LogP contribution in [0.3, 0.4) is 0 Å². The number of nitrogens with zero attached hydrogens (tertiary/aromatic N) is 2. The third-order valence-electron chi connectivity index (χ3n) is 2.70. The third-order valence-corrected chi connectivity index (χ3v) is 4.04. The van der Waals surface area contributed by atoms with Crippen LogP contribution in [0.15, 0.2) is 12.1 Å². The molecular weight excluding hydrogens is 313 g/mol. The number of pyridine rings is 1. The summed E-state index contributed by atoms with van der Waals surface area (Å²) >= 11 is 11.6. The Morgan fingerprint density at radius 2 is 2.11 bits per heavy atom. The number of rotatable bonds is 3. The number of primary sulfonamides is 1. The van der Waals surface area contributed by atoms with E-state index in [1.807, 2.05) is 0 Å². The lowest BCUT2D eigenvalue weighted by molar-refractivity contribution is -0.117. The molecule has 2 N–H and O–H groups in total. The van der Waals surface area contributed by atoms with Crippen LogP contribution >= 0.6 is 23.2 Å². The number of anilines is 1. The fourth-order valence-corrected chi connectivity index (χ4v) is 3.38. The van der Waals surface area contributed by atoms with Gasteiger partial charge in [-0.2, -0.15) is 0 Å². The molecule has 1 fully saturated rings. The molecule has 0 spiro atoms. The molecule has 1 amide bonds. The second-order valence-electron chi connectivity index (χ2n) is 4.37. The van der Waals surface area contributed by atoms with Crippen LogP contribution in [0.5, 0.6) is 0 Å². The lowest BCUT2D eigenvalue weighted by atomic mass is 10.1. The Labute approximate surface area is 120 Å². The van der Waals surface area contributed by atoms with Crippen LogP contribution < -0.4 is 10.0 Å². The minimum Gasteiger partial charge on any atom is -0.296 e. The zero-order valence-electron chi connectivity index (χ0n) is 9.71. The van der Waals surface area contributed by atoms with E-state index in [9.17, 15) is 13.2 Å². The molecule has 1 aromatic heterocycles. The number of carbonyl (C=O) groups is 1. The smallest absolute Gasteiger partial charge is 0.228 e. The van der Waals surface area contributed by atoms with Crippen LogP contribution in [-0.4, -0.2) is 31.6 Å². The number of nitrogens with two attached hydrogens (primary N) is 1. The zero-order valence-corrected chi connectivity index (χ0v) is 12.0. The monoisotopic (exact) mass is 323 g/mol. The van der Waals surface area contributed by atoms with Crippen molar-refractivity contribution in [2.24, 2.45) is 11.1 Å². The maximum absolute atomic E-state index is 11.9. The van der Waals surface area contributed by atoms with E-state index in [-0.39, 0.29) is 35.7 Å². The van der Waals surface area contributed by atoms with Crippen molar-refractivity contribution < 1.29 is 13.2 Å². The molecule has 0 saturated carbocycles. The number of carbonyl (C=O) groups excluding carboxylic acids is 1. The summed E-state index contributed by atoms with van der Waals surface area (Å²) in [6.45, 7) is 0.235. The van der Waals surface area contributed by atoms with Gasteiger partial charge in [0.15, 0.2) is 0 Å². The first-order valence-corrected chi connectivity index (χ1v) is 7.85. The van der Waals surface area contributed by atoms with Crippen molar-refractivity contribution in [2.45, 2.75) is 6.42 Å². The van der Waals surface area contributed by atoms with Gasteiger partial charge >= 0.3 is 0 Å². The highest BCUT2D eigenvalue weighted by molar-refractivity contribution is 7.89. The minimum absolute atomic E-state index is 0.113. The summed E-state index contributed by atoms with van der Waals surface area (Å²) in [5, 5.41) is 5.51. The van der Waals surface area contributed by atoms with E-state index in [4.69, 9.17) is 28.3 Å². The maximum Gasteiger partial charge on any atom is 0.228 e. The second kappa shape index (κ2) is 5.24. The first-order chi connectivity index (χ1) is 8.74. The molecule has 1 aliphatic rings. The van der Waals surface area contributed by atoms with E-state index in [1.165, 1.54) is 17.0 Å². The molecule has 104 valence electrons. The predicted octanol–water partition coefficient (Wildman–Crippen LogP) is 1.03. The zero-order chi connectivity index (χ0) is 14.2. The summed E-state index contributed by atoms with van der Waals surface area (Å²) in [5.41, 5.74) is 0. The van der Waals surface area contributed by atoms with Gasteiger partial charge in [-0.25, -0.2) is 18.5 Å². The number of aromatic nitrogens is 1. The molecule has 19 heavy (non-hydrogen) atoms. The van der Waals surface area contributed by atoms with Crippen molar-refractivity contribution in [1.82, 2.24) is 4.98 Å². The molecule has 0 radical (unpaired) electrons. The number of halogens is 2. The van der Waals surface area contributed by atoms with Gasteiger partial charge in [-0.1, -0.05) is 23.2 Å². The lowest BCUT2D eigenvalue weighted by Crippen LogP contribution is -2.28. The summed E-state index contributed by atoms with van der Waals surface area (Å²) < 4.78 is 22.1. The second-order valence-corrected chi connectivity index (χ2v) is 6.85. The fourth-order valence-electron chi connectivity index (χ4n) is 2.03. The summed E-state index contributed by atoms with van der Waals surface area (Å²) in [4.78, 5) is 17.2. The molecule has 9 heteroatoms. The van der Waals surface area contributed by atoms with Crippen LogP contribution in [0.2, 0.25) is 10.2 Å². The van der Waals surface area contributed by atoms with Gasteiger partial charge in [0.05, 0.1) is 5.75 Å². The summed E-state index contributed by atoms with van der Waals surface area (Å²) in [6, 6.07) is 2.96. The van der Waals surface area contributed by atoms with Gasteiger partial charge in [0.1, 0.15) is 11.0 Å². The highest BCUT2D eigenvalue weighted by atomic mass is 35.5. The van der Waals surface area contributed by atoms with Crippen molar-refractivity contribution in [3.63, 3.8) is 0 Å². The molecular formula is C10H11Cl2N3O3S. The number of sulfonamides is 1. The largest absolute Gasteiger partial charge is 0.296 e. The highest BCUT2D eigenvalue weighted by Gasteiger charge is 2.33. The molecule has 1 aliphatic heterocycles. The Bertz CT molecular complexity index is 600. The Kier molecular flexibility index (Phi) is 4.00. The molecule has 1 aromatic rings. The van der Waals surface area contributed by atoms with Gasteiger partial charge in [-0.3, -0.25) is 9.69 Å². The third kappa shape index (κ3) is 3.79. The number of hydrogen-bond acceptors (Lipinski definition) is 4. The van der Waals surface area contributed by atoms with Crippen LogP contribution in [0, 0.1) is 5.92 Å². The van der Waals surface area contributed by atoms with Crippen molar-refractivity contribution in [3.8, 4) is 0 Å². The predicted molar refractivity (Wildman–Crippen MR) is 72.7 cm³/mol. The van der Waals surface area contributed by atoms with E-state index < -0.39 is 10.0 Å². The Hall–Kier alpha value is -0.890. The standard InChI is InChI=1S/C10H11Cl2N3O3S/c11-7-2-8(12)14-9(3-7)15-4-6(1-10(15)16)5-19(13,17)18/h2-3,6H,1,4-5H2,(H2,13,17,18). The van der Waals surface area contributed by atoms with Crippen molar-refractivity contribution in [3.05, 3.63) is 22.3 Å². The van der Waals surface area contributed by atoms with Crippen molar-refractivity contribution in [1.29, 1.82) is 0 Å². The lowest BCUT2D eigenvalue weighted by Gasteiger charge is -2.15. The average Bonchev–Trinajstić information content (AvgIpc) is 2.54. The molecule has 0 bridgehead atoms. The van der Waals surface area contributed by atoms with Crippen molar-refractivity contribution >= 4 is 45.0 Å². The Balaban J connectivity index is 2.20. The van der Waals surface area contributed by atoms with Crippen LogP contribution in [0.1, 0.15) is 6.42 Å². The molecule has 1 atom stereocenters. The molecule has 6 nitrogen and oxygen atoms in total. The molecule has 0 aromatic carbocycles. The van der Waals surface area contributed by atoms with Crippen molar-refractivity contribution in [2.75, 3.05) is 17.2 Å². The quantitative estimate of drug-likeness (QED) is 0.840. The van der Waals surface area contributed by atoms with Gasteiger partial charge in [0.2, 0.25) is 15.9 Å². The summed E-state index contributed by atoms with van der Waals surface area (Å²) in [6.07, 6.45) is 0.113. The Morgan fingerprint density at radius 1 is 1.42 bits per heavy atom. The normalized spacial score (nSPS) is 20.1. The van der Waals surface area contributed by atoms with E-state index in [1.54, 1.807) is 0 Å². The minimum atomic E-state index is -3.60. The summed E-state index contributed by atoms with van der Waals surface area (Å²) in [5.74, 6) is -0.482. The van der Waals surface area contributed by atoms with E-state index in [0.29, 0.717) is 10.8 Å². The first-order valence-electron chi connectivity index (χ1n) is 5.38. The number of hydrogen-bond donors (Lipinski definition) is 1. The van der Waals surface area contributed by atoms with E-state index >= 15 is 0 Å². The average molecular weight is 324 g/mol. The molecule has 1 unspecified atom stereocenters. The maximum atomic E-state index is 11.9. The fraction of sp³-hybridized carbons (Fsp3) is 0.400. The van der Waals surface area contributed by atoms with Crippen LogP contribution in [0.25, 0.3) is 0 Å². The van der Waals surface area contributed by atoms with E-state index in [2.05, 4.69) is 4.98 Å². The first kappa shape index (κ1) is 14.5. The topological polar surface area (TPSA) is 93.4 Å². The van der Waals surface area contributed by atoms with Crippen LogP contribution in [-0.2, 0) is 14.8 Å². The molecule has 2 heterocycles. The SMILES string of the molecule is NS(=O)(=O)CC1CC(=O)N(c2cc(Cl)cc(Cl)n2)C1. The van der Waals surface area contributed by atoms with Gasteiger partial charge in [0, 0.05) is 23.9 Å². The summed E-state index contributed by atoms with van der Waals surface area (Å²) in [7, 11) is -3.60. The van der Waals surface area contributed by atoms with Gasteiger partial charge in [-0.15, -0.1) is 0 Å². The Morgan fingerprint density at radius 3 is 2.68 bits per heavy atom. The highest BCUT2D eigenvalue weighted by Crippen LogP contribution is 2.27. The van der Waals surface area contributed by atoms with Gasteiger partial charge in [0.25, 0.3) is 0 Å². The van der Waals surface area contributed by atoms with Gasteiger partial charge < -0.3 is 0 Å².